The van der Waals surface area contributed by atoms with Gasteiger partial charge in [0.15, 0.2) is 0 Å². The van der Waals surface area contributed by atoms with Crippen molar-refractivity contribution in [2.45, 2.75) is 59.4 Å². The molecule has 0 unspecified atom stereocenters. The molecule has 4 nitrogen and oxygen atoms in total. The first-order valence-corrected chi connectivity index (χ1v) is 8.72. The van der Waals surface area contributed by atoms with E-state index in [1.54, 1.807) is 0 Å². The van der Waals surface area contributed by atoms with E-state index >= 15 is 0 Å². The van der Waals surface area contributed by atoms with Gasteiger partial charge < -0.3 is 10.2 Å². The van der Waals surface area contributed by atoms with E-state index in [1.165, 1.54) is 12.8 Å². The molecule has 1 aliphatic rings. The summed E-state index contributed by atoms with van der Waals surface area (Å²) in [5.41, 5.74) is 0. The van der Waals surface area contributed by atoms with Crippen LogP contribution < -0.4 is 5.32 Å². The molecule has 0 radical (unpaired) electrons. The van der Waals surface area contributed by atoms with Gasteiger partial charge in [-0.1, -0.05) is 26.7 Å². The van der Waals surface area contributed by atoms with Gasteiger partial charge in [-0.2, -0.15) is 0 Å². The van der Waals surface area contributed by atoms with E-state index in [0.717, 1.165) is 51.6 Å². The van der Waals surface area contributed by atoms with E-state index in [4.69, 9.17) is 0 Å². The minimum atomic E-state index is 0.214. The minimum absolute atomic E-state index is 0.214. The number of nitrogens with one attached hydrogen (secondary N) is 1. The monoisotopic (exact) mass is 297 g/mol. The zero-order valence-electron chi connectivity index (χ0n) is 14.5. The lowest BCUT2D eigenvalue weighted by atomic mass is 10.1. The summed E-state index contributed by atoms with van der Waals surface area (Å²) >= 11 is 0. The third kappa shape index (κ3) is 8.42. The maximum Gasteiger partial charge on any atom is 0.221 e. The number of amides is 1. The fourth-order valence-corrected chi connectivity index (χ4v) is 2.76. The number of carbonyl (C=O) groups is 1. The Morgan fingerprint density at radius 3 is 2.29 bits per heavy atom. The van der Waals surface area contributed by atoms with E-state index in [-0.39, 0.29) is 5.91 Å². The molecule has 1 fully saturated rings. The van der Waals surface area contributed by atoms with Gasteiger partial charge in [0.05, 0.1) is 0 Å². The van der Waals surface area contributed by atoms with Crippen LogP contribution in [0.1, 0.15) is 53.4 Å². The molecule has 124 valence electrons. The Hall–Kier alpha value is -0.610. The number of hydrogen-bond acceptors (Lipinski definition) is 3. The number of hydrogen-bond donors (Lipinski definition) is 1. The lowest BCUT2D eigenvalue weighted by Crippen LogP contribution is -2.49. The number of carbonyl (C=O) groups excluding carboxylic acids is 1. The molecular weight excluding hydrogens is 262 g/mol. The Labute approximate surface area is 131 Å². The van der Waals surface area contributed by atoms with Gasteiger partial charge in [-0.15, -0.1) is 0 Å². The van der Waals surface area contributed by atoms with Crippen molar-refractivity contribution in [2.75, 3.05) is 39.3 Å². The number of nitrogens with zero attached hydrogens (tertiary/aromatic N) is 2. The van der Waals surface area contributed by atoms with Gasteiger partial charge in [-0.05, 0) is 26.2 Å². The van der Waals surface area contributed by atoms with Gasteiger partial charge in [-0.25, -0.2) is 0 Å². The van der Waals surface area contributed by atoms with Gasteiger partial charge in [0.25, 0.3) is 0 Å². The number of unbranched alkanes of at least 4 members (excludes halogenated alkanes) is 1. The molecule has 0 aromatic rings. The fraction of sp³-hybridized carbons (Fsp3) is 0.941. The van der Waals surface area contributed by atoms with E-state index in [1.807, 2.05) is 0 Å². The highest BCUT2D eigenvalue weighted by Crippen LogP contribution is 2.07. The predicted octanol–water partition coefficient (Wildman–Crippen LogP) is 2.34. The Morgan fingerprint density at radius 2 is 1.71 bits per heavy atom. The SMILES string of the molecule is CC(C)CCCCNC(=O)CCN1CCN(C(C)C)CC1. The van der Waals surface area contributed by atoms with Crippen molar-refractivity contribution in [3.63, 3.8) is 0 Å². The summed E-state index contributed by atoms with van der Waals surface area (Å²) in [5, 5.41) is 3.05. The van der Waals surface area contributed by atoms with Crippen LogP contribution in [-0.4, -0.2) is 61.0 Å². The Morgan fingerprint density at radius 1 is 1.05 bits per heavy atom. The van der Waals surface area contributed by atoms with Crippen LogP contribution in [0.25, 0.3) is 0 Å². The zero-order chi connectivity index (χ0) is 15.7. The average molecular weight is 297 g/mol. The molecule has 0 saturated carbocycles. The highest BCUT2D eigenvalue weighted by Gasteiger charge is 2.18. The summed E-state index contributed by atoms with van der Waals surface area (Å²) in [4.78, 5) is 16.7. The quantitative estimate of drug-likeness (QED) is 0.664. The minimum Gasteiger partial charge on any atom is -0.356 e. The van der Waals surface area contributed by atoms with Gasteiger partial charge >= 0.3 is 0 Å². The first-order valence-electron chi connectivity index (χ1n) is 8.72. The van der Waals surface area contributed by atoms with Crippen molar-refractivity contribution in [3.05, 3.63) is 0 Å². The van der Waals surface area contributed by atoms with Crippen LogP contribution in [0.5, 0.6) is 0 Å². The summed E-state index contributed by atoms with van der Waals surface area (Å²) in [6.45, 7) is 15.2. The van der Waals surface area contributed by atoms with Gasteiger partial charge in [-0.3, -0.25) is 9.69 Å². The molecule has 1 amide bonds. The molecule has 0 spiro atoms. The van der Waals surface area contributed by atoms with Crippen molar-refractivity contribution in [2.24, 2.45) is 5.92 Å². The van der Waals surface area contributed by atoms with E-state index in [2.05, 4.69) is 42.8 Å². The molecule has 0 atom stereocenters. The van der Waals surface area contributed by atoms with Crippen LogP contribution >= 0.6 is 0 Å². The molecule has 1 saturated heterocycles. The molecule has 0 aliphatic carbocycles. The van der Waals surface area contributed by atoms with E-state index in [9.17, 15) is 4.79 Å². The lowest BCUT2D eigenvalue weighted by Gasteiger charge is -2.36. The molecule has 0 bridgehead atoms. The highest BCUT2D eigenvalue weighted by atomic mass is 16.1. The predicted molar refractivity (Wildman–Crippen MR) is 89.5 cm³/mol. The zero-order valence-corrected chi connectivity index (χ0v) is 14.5. The first kappa shape index (κ1) is 18.4. The summed E-state index contributed by atoms with van der Waals surface area (Å²) < 4.78 is 0. The number of piperazine rings is 1. The maximum absolute atomic E-state index is 11.8. The molecule has 1 heterocycles. The molecule has 1 N–H and O–H groups in total. The molecule has 1 aliphatic heterocycles. The van der Waals surface area contributed by atoms with Crippen LogP contribution in [0.4, 0.5) is 0 Å². The van der Waals surface area contributed by atoms with Crippen LogP contribution in [0.3, 0.4) is 0 Å². The maximum atomic E-state index is 11.8. The molecule has 4 heteroatoms. The molecule has 0 aromatic carbocycles. The largest absolute Gasteiger partial charge is 0.356 e. The summed E-state index contributed by atoms with van der Waals surface area (Å²) in [6.07, 6.45) is 4.23. The topological polar surface area (TPSA) is 35.6 Å². The summed E-state index contributed by atoms with van der Waals surface area (Å²) in [7, 11) is 0. The standard InChI is InChI=1S/C17H35N3O/c1-15(2)7-5-6-9-18-17(21)8-10-19-11-13-20(14-12-19)16(3)4/h15-16H,5-14H2,1-4H3,(H,18,21). The van der Waals surface area contributed by atoms with Crippen molar-refractivity contribution in [1.29, 1.82) is 0 Å². The Bertz CT molecular complexity index is 284. The smallest absolute Gasteiger partial charge is 0.221 e. The average Bonchev–Trinajstić information content (AvgIpc) is 2.44. The van der Waals surface area contributed by atoms with Crippen LogP contribution in [0.2, 0.25) is 0 Å². The lowest BCUT2D eigenvalue weighted by molar-refractivity contribution is -0.121. The van der Waals surface area contributed by atoms with Crippen molar-refractivity contribution >= 4 is 5.91 Å². The van der Waals surface area contributed by atoms with Gasteiger partial charge in [0.2, 0.25) is 5.91 Å². The Balaban J connectivity index is 2.01. The van der Waals surface area contributed by atoms with Crippen LogP contribution in [0, 0.1) is 5.92 Å². The second-order valence-electron chi connectivity index (χ2n) is 6.96. The molecule has 0 aromatic heterocycles. The molecule has 21 heavy (non-hydrogen) atoms. The third-order valence-corrected chi connectivity index (χ3v) is 4.32. The highest BCUT2D eigenvalue weighted by molar-refractivity contribution is 5.75. The van der Waals surface area contributed by atoms with Gasteiger partial charge in [0, 0.05) is 51.7 Å². The van der Waals surface area contributed by atoms with Crippen LogP contribution in [0.15, 0.2) is 0 Å². The fourth-order valence-electron chi connectivity index (χ4n) is 2.76. The molecule has 1 rings (SSSR count). The Kier molecular flexibility index (Phi) is 8.93. The van der Waals surface area contributed by atoms with Crippen molar-refractivity contribution in [3.8, 4) is 0 Å². The normalized spacial score (nSPS) is 17.6. The number of rotatable bonds is 9. The van der Waals surface area contributed by atoms with Crippen molar-refractivity contribution in [1.82, 2.24) is 15.1 Å². The summed E-state index contributed by atoms with van der Waals surface area (Å²) in [6, 6.07) is 0.640. The van der Waals surface area contributed by atoms with Crippen molar-refractivity contribution < 1.29 is 4.79 Å². The van der Waals surface area contributed by atoms with Gasteiger partial charge in [0.1, 0.15) is 0 Å². The second kappa shape index (κ2) is 10.2. The molecular formula is C17H35N3O. The first-order chi connectivity index (χ1) is 9.99. The second-order valence-corrected chi connectivity index (χ2v) is 6.96. The summed E-state index contributed by atoms with van der Waals surface area (Å²) in [5.74, 6) is 0.982. The third-order valence-electron chi connectivity index (χ3n) is 4.32. The van der Waals surface area contributed by atoms with Crippen LogP contribution in [-0.2, 0) is 4.79 Å². The van der Waals surface area contributed by atoms with E-state index in [0.29, 0.717) is 12.5 Å². The van der Waals surface area contributed by atoms with E-state index < -0.39 is 0 Å².